The fourth-order valence-electron chi connectivity index (χ4n) is 2.77. The van der Waals surface area contributed by atoms with E-state index in [9.17, 15) is 4.79 Å². The minimum Gasteiger partial charge on any atom is -0.493 e. The molecule has 1 aliphatic rings. The van der Waals surface area contributed by atoms with Gasteiger partial charge in [-0.05, 0) is 26.0 Å². The number of carbonyl (C=O) groups is 1. The number of ether oxygens (including phenoxy) is 2. The second-order valence-corrected chi connectivity index (χ2v) is 5.39. The van der Waals surface area contributed by atoms with E-state index in [1.807, 2.05) is 19.9 Å². The number of benzene rings is 1. The lowest BCUT2D eigenvalue weighted by atomic mass is 10.1. The lowest BCUT2D eigenvalue weighted by Crippen LogP contribution is -2.25. The zero-order valence-electron chi connectivity index (χ0n) is 13.2. The maximum absolute atomic E-state index is 12.3. The van der Waals surface area contributed by atoms with Crippen LogP contribution in [0.2, 0.25) is 0 Å². The Bertz CT molecular complexity index is 722. The number of hydrogen-bond acceptors (Lipinski definition) is 4. The van der Waals surface area contributed by atoms with Gasteiger partial charge in [-0.3, -0.25) is 9.63 Å². The van der Waals surface area contributed by atoms with E-state index in [1.54, 1.807) is 13.1 Å². The van der Waals surface area contributed by atoms with Crippen LogP contribution in [0.1, 0.15) is 29.9 Å². The largest absolute Gasteiger partial charge is 0.493 e. The van der Waals surface area contributed by atoms with Crippen LogP contribution < -0.4 is 9.47 Å². The van der Waals surface area contributed by atoms with Gasteiger partial charge in [0, 0.05) is 24.4 Å². The highest BCUT2D eigenvalue weighted by atomic mass is 16.7. The quantitative estimate of drug-likeness (QED) is 0.882. The third kappa shape index (κ3) is 2.29. The Morgan fingerprint density at radius 1 is 1.50 bits per heavy atom. The summed E-state index contributed by atoms with van der Waals surface area (Å²) in [6.07, 6.45) is 0.963. The molecule has 0 spiro atoms. The van der Waals surface area contributed by atoms with Crippen molar-refractivity contribution in [2.45, 2.75) is 26.4 Å². The zero-order valence-corrected chi connectivity index (χ0v) is 13.2. The molecule has 0 radical (unpaired) electrons. The predicted molar refractivity (Wildman–Crippen MR) is 82.4 cm³/mol. The van der Waals surface area contributed by atoms with Crippen molar-refractivity contribution < 1.29 is 19.1 Å². The first-order valence-corrected chi connectivity index (χ1v) is 7.35. The first-order valence-electron chi connectivity index (χ1n) is 7.35. The van der Waals surface area contributed by atoms with Crippen molar-refractivity contribution in [1.29, 1.82) is 0 Å². The van der Waals surface area contributed by atoms with Gasteiger partial charge >= 0.3 is 0 Å². The summed E-state index contributed by atoms with van der Waals surface area (Å²) in [6.45, 7) is 4.53. The second kappa shape index (κ2) is 5.53. The van der Waals surface area contributed by atoms with Crippen LogP contribution in [0.3, 0.4) is 0 Å². The zero-order chi connectivity index (χ0) is 15.9. The van der Waals surface area contributed by atoms with E-state index in [1.165, 1.54) is 12.2 Å². The van der Waals surface area contributed by atoms with Gasteiger partial charge in [0.25, 0.3) is 5.91 Å². The molecule has 2 aromatic rings. The summed E-state index contributed by atoms with van der Waals surface area (Å²) < 4.78 is 11.6. The number of hydrogen-bond donors (Lipinski definition) is 1. The number of fused-ring (bicyclic) bond motifs is 3. The summed E-state index contributed by atoms with van der Waals surface area (Å²) in [4.78, 5) is 20.4. The summed E-state index contributed by atoms with van der Waals surface area (Å²) in [5, 5.41) is 2.02. The molecule has 1 atom stereocenters. The molecule has 6 nitrogen and oxygen atoms in total. The lowest BCUT2D eigenvalue weighted by Gasteiger charge is -2.11. The number of aromatic amines is 1. The topological polar surface area (TPSA) is 63.8 Å². The molecule has 1 aliphatic heterocycles. The summed E-state index contributed by atoms with van der Waals surface area (Å²) in [7, 11) is 3.02. The molecule has 0 bridgehead atoms. The molecule has 6 heteroatoms. The molecule has 118 valence electrons. The molecule has 3 rings (SSSR count). The van der Waals surface area contributed by atoms with Crippen LogP contribution >= 0.6 is 0 Å². The van der Waals surface area contributed by atoms with E-state index in [0.717, 1.165) is 34.4 Å². The SMILES string of the molecule is CCOc1cc2c(c3[nH]c(C(=O)N(C)OC)cc13)O[C@@H](C)C2. The molecule has 0 unspecified atom stereocenters. The average Bonchev–Trinajstić information content (AvgIpc) is 3.09. The Labute approximate surface area is 128 Å². The number of rotatable bonds is 4. The molecule has 0 aliphatic carbocycles. The van der Waals surface area contributed by atoms with E-state index in [0.29, 0.717) is 12.3 Å². The van der Waals surface area contributed by atoms with Gasteiger partial charge in [-0.25, -0.2) is 5.06 Å². The number of hydroxylamine groups is 2. The third-order valence-corrected chi connectivity index (χ3v) is 3.82. The van der Waals surface area contributed by atoms with Crippen molar-refractivity contribution in [1.82, 2.24) is 10.0 Å². The second-order valence-electron chi connectivity index (χ2n) is 5.39. The molecule has 1 N–H and O–H groups in total. The van der Waals surface area contributed by atoms with Crippen molar-refractivity contribution in [3.63, 3.8) is 0 Å². The standard InChI is InChI=1S/C16H20N2O4/c1-5-21-13-7-10-6-9(2)22-15(10)14-11(13)8-12(17-14)16(19)18(3)20-4/h7-9,17H,5-6H2,1-4H3/t9-/m0/s1. The number of H-pyrrole nitrogens is 1. The lowest BCUT2D eigenvalue weighted by molar-refractivity contribution is -0.0759. The van der Waals surface area contributed by atoms with Gasteiger partial charge < -0.3 is 14.5 Å². The molecular formula is C16H20N2O4. The van der Waals surface area contributed by atoms with Crippen molar-refractivity contribution in [3.8, 4) is 11.5 Å². The number of nitrogens with zero attached hydrogens (tertiary/aromatic N) is 1. The fourth-order valence-corrected chi connectivity index (χ4v) is 2.77. The van der Waals surface area contributed by atoms with Crippen molar-refractivity contribution >= 4 is 16.8 Å². The number of aromatic nitrogens is 1. The van der Waals surface area contributed by atoms with Gasteiger partial charge in [0.2, 0.25) is 0 Å². The van der Waals surface area contributed by atoms with Crippen molar-refractivity contribution in [2.24, 2.45) is 0 Å². The smallest absolute Gasteiger partial charge is 0.293 e. The first kappa shape index (κ1) is 14.7. The van der Waals surface area contributed by atoms with Crippen LogP contribution in [0, 0.1) is 0 Å². The maximum Gasteiger partial charge on any atom is 0.293 e. The molecule has 1 aromatic heterocycles. The van der Waals surface area contributed by atoms with Crippen molar-refractivity contribution in [3.05, 3.63) is 23.4 Å². The molecule has 1 aromatic carbocycles. The van der Waals surface area contributed by atoms with Gasteiger partial charge in [-0.1, -0.05) is 0 Å². The number of nitrogens with one attached hydrogen (secondary N) is 1. The molecular weight excluding hydrogens is 284 g/mol. The third-order valence-electron chi connectivity index (χ3n) is 3.82. The Morgan fingerprint density at radius 2 is 2.27 bits per heavy atom. The molecule has 22 heavy (non-hydrogen) atoms. The van der Waals surface area contributed by atoms with Crippen molar-refractivity contribution in [2.75, 3.05) is 20.8 Å². The van der Waals surface area contributed by atoms with Crippen LogP contribution in [0.5, 0.6) is 11.5 Å². The van der Waals surface area contributed by atoms with Crippen LogP contribution in [0.15, 0.2) is 12.1 Å². The average molecular weight is 304 g/mol. The van der Waals surface area contributed by atoms with Crippen LogP contribution in [-0.4, -0.2) is 42.8 Å². The molecule has 0 saturated carbocycles. The van der Waals surface area contributed by atoms with Crippen LogP contribution in [0.4, 0.5) is 0 Å². The van der Waals surface area contributed by atoms with Gasteiger partial charge in [0.15, 0.2) is 0 Å². The predicted octanol–water partition coefficient (Wildman–Crippen LogP) is 2.52. The van der Waals surface area contributed by atoms with Crippen LogP contribution in [0.25, 0.3) is 10.9 Å². The highest BCUT2D eigenvalue weighted by Crippen LogP contribution is 2.41. The van der Waals surface area contributed by atoms with Crippen LogP contribution in [-0.2, 0) is 11.3 Å². The Balaban J connectivity index is 2.15. The van der Waals surface area contributed by atoms with E-state index in [4.69, 9.17) is 14.3 Å². The normalized spacial score (nSPS) is 16.5. The summed E-state index contributed by atoms with van der Waals surface area (Å²) in [5.74, 6) is 1.33. The maximum atomic E-state index is 12.3. The van der Waals surface area contributed by atoms with Gasteiger partial charge in [-0.15, -0.1) is 0 Å². The highest BCUT2D eigenvalue weighted by Gasteiger charge is 2.26. The van der Waals surface area contributed by atoms with Gasteiger partial charge in [-0.2, -0.15) is 0 Å². The van der Waals surface area contributed by atoms with E-state index in [2.05, 4.69) is 4.98 Å². The molecule has 1 amide bonds. The first-order chi connectivity index (χ1) is 10.5. The van der Waals surface area contributed by atoms with E-state index >= 15 is 0 Å². The fraction of sp³-hybridized carbons (Fsp3) is 0.438. The molecule has 0 fully saturated rings. The molecule has 2 heterocycles. The van der Waals surface area contributed by atoms with E-state index < -0.39 is 0 Å². The Hall–Kier alpha value is -2.21. The number of amides is 1. The summed E-state index contributed by atoms with van der Waals surface area (Å²) in [5.41, 5.74) is 2.35. The Morgan fingerprint density at radius 3 is 2.95 bits per heavy atom. The summed E-state index contributed by atoms with van der Waals surface area (Å²) >= 11 is 0. The monoisotopic (exact) mass is 304 g/mol. The van der Waals surface area contributed by atoms with E-state index in [-0.39, 0.29) is 12.0 Å². The van der Waals surface area contributed by atoms with Gasteiger partial charge in [0.05, 0.1) is 19.2 Å². The minimum atomic E-state index is -0.249. The Kier molecular flexibility index (Phi) is 3.70. The number of carbonyl (C=O) groups excluding carboxylic acids is 1. The summed E-state index contributed by atoms with van der Waals surface area (Å²) in [6, 6.07) is 3.79. The minimum absolute atomic E-state index is 0.124. The van der Waals surface area contributed by atoms with Gasteiger partial charge in [0.1, 0.15) is 23.3 Å². The molecule has 0 saturated heterocycles. The highest BCUT2D eigenvalue weighted by molar-refractivity contribution is 6.01.